The molecule has 0 unspecified atom stereocenters. The van der Waals surface area contributed by atoms with Crippen LogP contribution in [0.1, 0.15) is 35.3 Å². The summed E-state index contributed by atoms with van der Waals surface area (Å²) in [4.78, 5) is 0. The molecule has 0 spiro atoms. The van der Waals surface area contributed by atoms with E-state index in [9.17, 15) is 5.11 Å². The smallest absolute Gasteiger partial charge is 0.231 e. The molecule has 4 rings (SSSR count). The van der Waals surface area contributed by atoms with E-state index >= 15 is 0 Å². The van der Waals surface area contributed by atoms with E-state index in [1.807, 2.05) is 24.3 Å². The molecule has 150 valence electrons. The average Bonchev–Trinajstić information content (AvgIpc) is 3.16. The van der Waals surface area contributed by atoms with E-state index < -0.39 is 6.10 Å². The Kier molecular flexibility index (Phi) is 4.85. The Morgan fingerprint density at radius 2 is 1.89 bits per heavy atom. The second-order valence-corrected chi connectivity index (χ2v) is 8.01. The van der Waals surface area contributed by atoms with Crippen LogP contribution in [-0.4, -0.2) is 51.2 Å². The van der Waals surface area contributed by atoms with Crippen molar-refractivity contribution in [1.29, 1.82) is 0 Å². The maximum absolute atomic E-state index is 11.0. The Balaban J connectivity index is 1.72. The predicted molar refractivity (Wildman–Crippen MR) is 105 cm³/mol. The van der Waals surface area contributed by atoms with Crippen molar-refractivity contribution >= 4 is 0 Å². The number of hydrogen-bond acceptors (Lipinski definition) is 5. The number of rotatable bonds is 5. The van der Waals surface area contributed by atoms with Crippen LogP contribution in [0.2, 0.25) is 0 Å². The van der Waals surface area contributed by atoms with Gasteiger partial charge in [-0.2, -0.15) is 0 Å². The molecule has 0 bridgehead atoms. The fraction of sp³-hybridized carbons (Fsp3) is 0.455. The quantitative estimate of drug-likeness (QED) is 0.800. The summed E-state index contributed by atoms with van der Waals surface area (Å²) in [6.45, 7) is 1.20. The summed E-state index contributed by atoms with van der Waals surface area (Å²) in [5, 5.41) is 11.0. The molecule has 2 heterocycles. The maximum atomic E-state index is 11.0. The van der Waals surface area contributed by atoms with Crippen LogP contribution in [0.15, 0.2) is 30.3 Å². The lowest BCUT2D eigenvalue weighted by atomic mass is 9.85. The predicted octanol–water partition coefficient (Wildman–Crippen LogP) is 3.23. The minimum atomic E-state index is -0.589. The number of aliphatic hydroxyl groups excluding tert-OH is 1. The fourth-order valence-corrected chi connectivity index (χ4v) is 4.34. The van der Waals surface area contributed by atoms with Gasteiger partial charge in [0.05, 0.1) is 46.5 Å². The van der Waals surface area contributed by atoms with Gasteiger partial charge in [-0.3, -0.25) is 0 Å². The summed E-state index contributed by atoms with van der Waals surface area (Å²) in [7, 11) is 7.72. The van der Waals surface area contributed by atoms with E-state index in [0.29, 0.717) is 12.2 Å². The number of methoxy groups -OCH3 is 2. The summed E-state index contributed by atoms with van der Waals surface area (Å²) < 4.78 is 23.1. The van der Waals surface area contributed by atoms with Crippen molar-refractivity contribution in [2.75, 3.05) is 41.7 Å². The number of aliphatic hydroxyl groups is 1. The van der Waals surface area contributed by atoms with Gasteiger partial charge in [0, 0.05) is 12.8 Å². The summed E-state index contributed by atoms with van der Waals surface area (Å²) in [5.74, 6) is 2.94. The van der Waals surface area contributed by atoms with Crippen LogP contribution in [-0.2, 0) is 6.42 Å². The monoisotopic (exact) mass is 386 g/mol. The van der Waals surface area contributed by atoms with Gasteiger partial charge >= 0.3 is 0 Å². The third kappa shape index (κ3) is 3.16. The van der Waals surface area contributed by atoms with Crippen LogP contribution in [0.25, 0.3) is 0 Å². The van der Waals surface area contributed by atoms with Crippen LogP contribution in [0.4, 0.5) is 0 Å². The first kappa shape index (κ1) is 18.9. The van der Waals surface area contributed by atoms with Crippen LogP contribution >= 0.6 is 0 Å². The topological polar surface area (TPSA) is 57.2 Å². The Morgan fingerprint density at radius 1 is 1.14 bits per heavy atom. The summed E-state index contributed by atoms with van der Waals surface area (Å²) >= 11 is 0. The second kappa shape index (κ2) is 7.18. The van der Waals surface area contributed by atoms with Gasteiger partial charge in [0.1, 0.15) is 11.8 Å². The molecular weight excluding hydrogens is 358 g/mol. The SMILES string of the molecule is COc1ccc([C@@H](O)C[C@@H]2c3c(cc4c(c3OC)OCO4)CC[N+]2(C)C)cc1. The first-order chi connectivity index (χ1) is 13.4. The van der Waals surface area contributed by atoms with Gasteiger partial charge in [0.15, 0.2) is 11.5 Å². The largest absolute Gasteiger partial charge is 0.497 e. The molecular formula is C22H28NO5+. The molecule has 6 nitrogen and oxygen atoms in total. The first-order valence-corrected chi connectivity index (χ1v) is 9.58. The average molecular weight is 386 g/mol. The van der Waals surface area contributed by atoms with Crippen molar-refractivity contribution in [3.05, 3.63) is 47.0 Å². The van der Waals surface area contributed by atoms with E-state index in [-0.39, 0.29) is 12.8 Å². The third-order valence-electron chi connectivity index (χ3n) is 6.03. The normalized spacial score (nSPS) is 20.4. The van der Waals surface area contributed by atoms with E-state index in [1.54, 1.807) is 14.2 Å². The molecule has 28 heavy (non-hydrogen) atoms. The van der Waals surface area contributed by atoms with Crippen LogP contribution < -0.4 is 18.9 Å². The summed E-state index contributed by atoms with van der Waals surface area (Å²) in [6.07, 6.45) is 0.932. The van der Waals surface area contributed by atoms with E-state index in [1.165, 1.54) is 5.56 Å². The van der Waals surface area contributed by atoms with Crippen molar-refractivity contribution in [2.24, 2.45) is 0 Å². The summed E-state index contributed by atoms with van der Waals surface area (Å²) in [6, 6.07) is 9.75. The molecule has 0 fully saturated rings. The van der Waals surface area contributed by atoms with Gasteiger partial charge in [-0.05, 0) is 29.3 Å². The zero-order valence-electron chi connectivity index (χ0n) is 16.9. The number of fused-ring (bicyclic) bond motifs is 2. The highest BCUT2D eigenvalue weighted by molar-refractivity contribution is 5.61. The lowest BCUT2D eigenvalue weighted by Crippen LogP contribution is -2.48. The molecule has 6 heteroatoms. The number of nitrogens with zero attached hydrogens (tertiary/aromatic N) is 1. The van der Waals surface area contributed by atoms with Gasteiger partial charge in [0.25, 0.3) is 0 Å². The van der Waals surface area contributed by atoms with Crippen molar-refractivity contribution in [3.63, 3.8) is 0 Å². The molecule has 2 aliphatic heterocycles. The van der Waals surface area contributed by atoms with E-state index in [2.05, 4.69) is 20.2 Å². The van der Waals surface area contributed by atoms with Gasteiger partial charge in [-0.15, -0.1) is 0 Å². The highest BCUT2D eigenvalue weighted by Gasteiger charge is 2.42. The van der Waals surface area contributed by atoms with Crippen molar-refractivity contribution in [1.82, 2.24) is 0 Å². The number of ether oxygens (including phenoxy) is 4. The van der Waals surface area contributed by atoms with Gasteiger partial charge in [-0.1, -0.05) is 12.1 Å². The highest BCUT2D eigenvalue weighted by atomic mass is 16.7. The summed E-state index contributed by atoms with van der Waals surface area (Å²) in [5.41, 5.74) is 3.22. The fourth-order valence-electron chi connectivity index (χ4n) is 4.34. The first-order valence-electron chi connectivity index (χ1n) is 9.58. The number of hydrogen-bond donors (Lipinski definition) is 1. The van der Waals surface area contributed by atoms with E-state index in [0.717, 1.165) is 45.8 Å². The highest BCUT2D eigenvalue weighted by Crippen LogP contribution is 2.52. The molecule has 2 atom stereocenters. The Morgan fingerprint density at radius 3 is 2.57 bits per heavy atom. The standard InChI is InChI=1S/C22H28NO5/c1-23(2)10-9-15-11-19-21(28-13-27-19)22(26-4)20(15)17(23)12-18(24)14-5-7-16(25-3)8-6-14/h5-8,11,17-18,24H,9-10,12-13H2,1-4H3/q+1/t17-,18+/m1/s1. The van der Waals surface area contributed by atoms with Gasteiger partial charge < -0.3 is 28.5 Å². The lowest BCUT2D eigenvalue weighted by Gasteiger charge is -2.44. The Bertz CT molecular complexity index is 862. The Labute approximate surface area is 165 Å². The molecule has 0 saturated carbocycles. The minimum absolute atomic E-state index is 0.0744. The molecule has 0 aromatic heterocycles. The number of quaternary nitrogens is 1. The van der Waals surface area contributed by atoms with Crippen LogP contribution in [0, 0.1) is 0 Å². The molecule has 1 N–H and O–H groups in total. The second-order valence-electron chi connectivity index (χ2n) is 8.01. The molecule has 0 amide bonds. The number of benzene rings is 2. The van der Waals surface area contributed by atoms with Crippen molar-refractivity contribution in [2.45, 2.75) is 25.0 Å². The van der Waals surface area contributed by atoms with Crippen LogP contribution in [0.3, 0.4) is 0 Å². The minimum Gasteiger partial charge on any atom is -0.497 e. The zero-order valence-corrected chi connectivity index (χ0v) is 16.9. The number of likely N-dealkylation sites (N-methyl/N-ethyl adjacent to an activating group) is 1. The molecule has 0 radical (unpaired) electrons. The lowest BCUT2D eigenvalue weighted by molar-refractivity contribution is -0.924. The molecule has 2 aliphatic rings. The van der Waals surface area contributed by atoms with Gasteiger partial charge in [0.2, 0.25) is 12.5 Å². The molecule has 2 aromatic rings. The molecule has 0 saturated heterocycles. The van der Waals surface area contributed by atoms with E-state index in [4.69, 9.17) is 18.9 Å². The maximum Gasteiger partial charge on any atom is 0.231 e. The molecule has 0 aliphatic carbocycles. The third-order valence-corrected chi connectivity index (χ3v) is 6.03. The van der Waals surface area contributed by atoms with Crippen LogP contribution in [0.5, 0.6) is 23.0 Å². The zero-order chi connectivity index (χ0) is 19.9. The Hall–Kier alpha value is -2.44. The van der Waals surface area contributed by atoms with Crippen molar-refractivity contribution < 1.29 is 28.5 Å². The van der Waals surface area contributed by atoms with Gasteiger partial charge in [-0.25, -0.2) is 0 Å². The van der Waals surface area contributed by atoms with Crippen molar-refractivity contribution in [3.8, 4) is 23.0 Å². The molecule has 2 aromatic carbocycles.